The molecule has 0 aliphatic heterocycles. The first-order valence-electron chi connectivity index (χ1n) is 9.33. The SMILES string of the molecule is CC(C)(C)C1CCc2c(C(=O)Nc3nc(-c4ccccc4)cs3)csc2C1. The Bertz CT molecular complexity index is 950. The van der Waals surface area contributed by atoms with Gasteiger partial charge < -0.3 is 0 Å². The normalized spacial score (nSPS) is 16.8. The number of aromatic nitrogens is 1. The van der Waals surface area contributed by atoms with Gasteiger partial charge in [-0.15, -0.1) is 22.7 Å². The first kappa shape index (κ1) is 18.4. The number of hydrogen-bond acceptors (Lipinski definition) is 4. The van der Waals surface area contributed by atoms with Gasteiger partial charge in [-0.2, -0.15) is 0 Å². The number of fused-ring (bicyclic) bond motifs is 1. The van der Waals surface area contributed by atoms with Crippen LogP contribution in [-0.4, -0.2) is 10.9 Å². The highest BCUT2D eigenvalue weighted by molar-refractivity contribution is 7.14. The van der Waals surface area contributed by atoms with Crippen molar-refractivity contribution in [3.63, 3.8) is 0 Å². The number of anilines is 1. The summed E-state index contributed by atoms with van der Waals surface area (Å²) in [7, 11) is 0. The molecule has 4 rings (SSSR count). The minimum Gasteiger partial charge on any atom is -0.298 e. The highest BCUT2D eigenvalue weighted by atomic mass is 32.1. The molecule has 1 aromatic carbocycles. The van der Waals surface area contributed by atoms with Gasteiger partial charge in [0, 0.05) is 21.2 Å². The monoisotopic (exact) mass is 396 g/mol. The van der Waals surface area contributed by atoms with Crippen molar-refractivity contribution in [1.29, 1.82) is 0 Å². The smallest absolute Gasteiger partial charge is 0.258 e. The van der Waals surface area contributed by atoms with Crippen LogP contribution in [0.25, 0.3) is 11.3 Å². The number of carbonyl (C=O) groups excluding carboxylic acids is 1. The van der Waals surface area contributed by atoms with Gasteiger partial charge in [0.05, 0.1) is 11.3 Å². The van der Waals surface area contributed by atoms with Crippen molar-refractivity contribution in [2.24, 2.45) is 11.3 Å². The van der Waals surface area contributed by atoms with E-state index in [0.717, 1.165) is 36.1 Å². The van der Waals surface area contributed by atoms with Crippen LogP contribution in [0.4, 0.5) is 5.13 Å². The summed E-state index contributed by atoms with van der Waals surface area (Å²) in [5.74, 6) is 0.655. The third-order valence-electron chi connectivity index (χ3n) is 5.42. The van der Waals surface area contributed by atoms with Gasteiger partial charge in [0.1, 0.15) is 0 Å². The third-order valence-corrected chi connectivity index (χ3v) is 7.23. The Morgan fingerprint density at radius 1 is 1.15 bits per heavy atom. The largest absolute Gasteiger partial charge is 0.298 e. The van der Waals surface area contributed by atoms with Gasteiger partial charge in [-0.25, -0.2) is 4.98 Å². The molecular weight excluding hydrogens is 372 g/mol. The van der Waals surface area contributed by atoms with E-state index in [1.165, 1.54) is 21.8 Å². The minimum absolute atomic E-state index is 0.0318. The number of thiophene rings is 1. The second-order valence-electron chi connectivity index (χ2n) is 8.21. The summed E-state index contributed by atoms with van der Waals surface area (Å²) in [6, 6.07) is 10.0. The van der Waals surface area contributed by atoms with E-state index >= 15 is 0 Å². The molecule has 1 unspecified atom stereocenters. The van der Waals surface area contributed by atoms with Gasteiger partial charge in [0.15, 0.2) is 5.13 Å². The summed E-state index contributed by atoms with van der Waals surface area (Å²) < 4.78 is 0. The standard InChI is InChI=1S/C22H24N2OS2/c1-22(2,3)15-9-10-16-17(12-26-19(16)11-15)20(25)24-21-23-18(13-27-21)14-7-5-4-6-8-14/h4-8,12-13,15H,9-11H2,1-3H3,(H,23,24,25). The van der Waals surface area contributed by atoms with E-state index in [2.05, 4.69) is 31.1 Å². The second-order valence-corrected chi connectivity index (χ2v) is 10.0. The predicted molar refractivity (Wildman–Crippen MR) is 115 cm³/mol. The van der Waals surface area contributed by atoms with Crippen LogP contribution in [0, 0.1) is 11.3 Å². The molecule has 3 aromatic rings. The van der Waals surface area contributed by atoms with Crippen molar-refractivity contribution in [3.8, 4) is 11.3 Å². The van der Waals surface area contributed by atoms with Gasteiger partial charge in [0.2, 0.25) is 0 Å². The van der Waals surface area contributed by atoms with Crippen molar-refractivity contribution < 1.29 is 4.79 Å². The Morgan fingerprint density at radius 3 is 2.67 bits per heavy atom. The van der Waals surface area contributed by atoms with E-state index in [-0.39, 0.29) is 5.91 Å². The lowest BCUT2D eigenvalue weighted by Crippen LogP contribution is -2.27. The van der Waals surface area contributed by atoms with Crippen LogP contribution in [0.15, 0.2) is 41.1 Å². The zero-order chi connectivity index (χ0) is 19.0. The van der Waals surface area contributed by atoms with Crippen molar-refractivity contribution in [2.45, 2.75) is 40.0 Å². The molecule has 27 heavy (non-hydrogen) atoms. The van der Waals surface area contributed by atoms with E-state index in [0.29, 0.717) is 16.5 Å². The van der Waals surface area contributed by atoms with E-state index < -0.39 is 0 Å². The van der Waals surface area contributed by atoms with Crippen molar-refractivity contribution in [1.82, 2.24) is 4.98 Å². The lowest BCUT2D eigenvalue weighted by atomic mass is 9.72. The number of amides is 1. The molecule has 1 aliphatic rings. The van der Waals surface area contributed by atoms with Crippen LogP contribution in [0.1, 0.15) is 48.0 Å². The zero-order valence-electron chi connectivity index (χ0n) is 15.9. The fraction of sp³-hybridized carbons (Fsp3) is 0.364. The topological polar surface area (TPSA) is 42.0 Å². The summed E-state index contributed by atoms with van der Waals surface area (Å²) in [6.45, 7) is 6.95. The summed E-state index contributed by atoms with van der Waals surface area (Å²) >= 11 is 3.21. The lowest BCUT2D eigenvalue weighted by molar-refractivity contribution is 0.102. The van der Waals surface area contributed by atoms with Crippen LogP contribution < -0.4 is 5.32 Å². The average molecular weight is 397 g/mol. The van der Waals surface area contributed by atoms with Crippen molar-refractivity contribution in [2.75, 3.05) is 5.32 Å². The van der Waals surface area contributed by atoms with Gasteiger partial charge in [-0.05, 0) is 36.2 Å². The molecule has 0 bridgehead atoms. The van der Waals surface area contributed by atoms with Gasteiger partial charge >= 0.3 is 0 Å². The maximum absolute atomic E-state index is 12.8. The van der Waals surface area contributed by atoms with E-state index in [1.54, 1.807) is 11.3 Å². The number of carbonyl (C=O) groups is 1. The van der Waals surface area contributed by atoms with Gasteiger partial charge in [-0.1, -0.05) is 51.1 Å². The van der Waals surface area contributed by atoms with Gasteiger partial charge in [-0.3, -0.25) is 10.1 Å². The van der Waals surface area contributed by atoms with Crippen molar-refractivity contribution in [3.05, 3.63) is 57.1 Å². The molecule has 1 aliphatic carbocycles. The summed E-state index contributed by atoms with van der Waals surface area (Å²) in [4.78, 5) is 18.8. The molecule has 3 nitrogen and oxygen atoms in total. The second kappa shape index (κ2) is 7.21. The van der Waals surface area contributed by atoms with E-state index in [4.69, 9.17) is 0 Å². The molecule has 140 valence electrons. The van der Waals surface area contributed by atoms with E-state index in [9.17, 15) is 4.79 Å². The van der Waals surface area contributed by atoms with Gasteiger partial charge in [0.25, 0.3) is 5.91 Å². The predicted octanol–water partition coefficient (Wildman–Crippen LogP) is 6.27. The molecule has 2 heterocycles. The molecule has 0 radical (unpaired) electrons. The Morgan fingerprint density at radius 2 is 1.93 bits per heavy atom. The lowest BCUT2D eigenvalue weighted by Gasteiger charge is -2.34. The fourth-order valence-corrected chi connectivity index (χ4v) is 5.56. The first-order valence-corrected chi connectivity index (χ1v) is 11.1. The molecule has 5 heteroatoms. The maximum atomic E-state index is 12.8. The Balaban J connectivity index is 1.49. The number of rotatable bonds is 3. The number of thiazole rings is 1. The van der Waals surface area contributed by atoms with Crippen LogP contribution in [0.2, 0.25) is 0 Å². The average Bonchev–Trinajstić information content (AvgIpc) is 3.28. The number of hydrogen-bond donors (Lipinski definition) is 1. The summed E-state index contributed by atoms with van der Waals surface area (Å²) in [5.41, 5.74) is 4.36. The molecule has 0 saturated heterocycles. The molecule has 2 aromatic heterocycles. The number of nitrogens with one attached hydrogen (secondary N) is 1. The Hall–Kier alpha value is -1.98. The Kier molecular flexibility index (Phi) is 4.91. The van der Waals surface area contributed by atoms with Crippen molar-refractivity contribution >= 4 is 33.7 Å². The molecular formula is C22H24N2OS2. The van der Waals surface area contributed by atoms with E-state index in [1.807, 2.05) is 41.1 Å². The quantitative estimate of drug-likeness (QED) is 0.566. The molecule has 1 N–H and O–H groups in total. The van der Waals surface area contributed by atoms with Crippen LogP contribution >= 0.6 is 22.7 Å². The maximum Gasteiger partial charge on any atom is 0.258 e. The Labute approximate surface area is 168 Å². The minimum atomic E-state index is -0.0318. The highest BCUT2D eigenvalue weighted by Gasteiger charge is 2.31. The molecule has 0 saturated carbocycles. The molecule has 0 spiro atoms. The van der Waals surface area contributed by atoms with Crippen LogP contribution in [0.5, 0.6) is 0 Å². The summed E-state index contributed by atoms with van der Waals surface area (Å²) in [6.07, 6.45) is 3.24. The molecule has 1 amide bonds. The molecule has 1 atom stereocenters. The van der Waals surface area contributed by atoms with Crippen LogP contribution in [-0.2, 0) is 12.8 Å². The fourth-order valence-electron chi connectivity index (χ4n) is 3.68. The van der Waals surface area contributed by atoms with Crippen LogP contribution in [0.3, 0.4) is 0 Å². The number of nitrogens with zero attached hydrogens (tertiary/aromatic N) is 1. The zero-order valence-corrected chi connectivity index (χ0v) is 17.5. The highest BCUT2D eigenvalue weighted by Crippen LogP contribution is 2.40. The number of benzene rings is 1. The molecule has 0 fully saturated rings. The third kappa shape index (κ3) is 3.85. The summed E-state index contributed by atoms with van der Waals surface area (Å²) in [5, 5.41) is 7.67. The first-order chi connectivity index (χ1) is 12.9.